The van der Waals surface area contributed by atoms with E-state index in [1.54, 1.807) is 0 Å². The molecular formula is H8Bi2CaNb. The maximum atomic E-state index is 0. The topological polar surface area (TPSA) is 0 Å². The van der Waals surface area contributed by atoms with Gasteiger partial charge in [0.2, 0.25) is 0 Å². The SMILES string of the molecule is [BiH3].[BiH3].[Ca+2].[H-].[H-].[Nb]. The molecule has 0 atom stereocenters. The Morgan fingerprint density at radius 3 is 1.00 bits per heavy atom. The zero-order valence-electron chi connectivity index (χ0n) is 4.57. The summed E-state index contributed by atoms with van der Waals surface area (Å²) in [5, 5.41) is 0. The minimum Gasteiger partial charge on any atom is -1.00 e. The monoisotopic (exact) mass is 559 g/mol. The predicted octanol–water partition coefficient (Wildman–Crippen LogP) is -2.53. The molecule has 25 valence electrons. The molecule has 0 nitrogen and oxygen atoms in total. The van der Waals surface area contributed by atoms with Crippen LogP contribution in [-0.2, 0) is 22.4 Å². The van der Waals surface area contributed by atoms with Gasteiger partial charge in [0, 0.05) is 22.4 Å². The van der Waals surface area contributed by atoms with Crippen molar-refractivity contribution in [2.75, 3.05) is 0 Å². The summed E-state index contributed by atoms with van der Waals surface area (Å²) in [6, 6.07) is 0. The van der Waals surface area contributed by atoms with E-state index in [0.717, 1.165) is 0 Å². The van der Waals surface area contributed by atoms with Crippen molar-refractivity contribution in [2.45, 2.75) is 0 Å². The molecule has 0 unspecified atom stereocenters. The smallest absolute Gasteiger partial charge is 1.00 e. The third kappa shape index (κ3) is 9.23. The fourth-order valence-corrected chi connectivity index (χ4v) is 0. The second kappa shape index (κ2) is 15.9. The Morgan fingerprint density at radius 1 is 1.00 bits per heavy atom. The predicted molar refractivity (Wildman–Crippen MR) is 27.9 cm³/mol. The van der Waals surface area contributed by atoms with Gasteiger partial charge in [0.1, 0.15) is 0 Å². The second-order valence-electron chi connectivity index (χ2n) is 0. The molecule has 1 radical (unpaired) electrons. The van der Waals surface area contributed by atoms with Gasteiger partial charge in [-0.2, -0.15) is 0 Å². The number of hydrogen-bond donors (Lipinski definition) is 0. The molecule has 0 spiro atoms. The summed E-state index contributed by atoms with van der Waals surface area (Å²) in [5.74, 6) is 0. The maximum Gasteiger partial charge on any atom is 2.00 e. The largest absolute Gasteiger partial charge is 2.00 e. The Morgan fingerprint density at radius 2 is 1.00 bits per heavy atom. The van der Waals surface area contributed by atoms with E-state index in [4.69, 9.17) is 0 Å². The number of rotatable bonds is 0. The molecular weight excluding hydrogens is 551 g/mol. The summed E-state index contributed by atoms with van der Waals surface area (Å²) in [6.07, 6.45) is 0. The molecule has 0 aromatic heterocycles. The average molecular weight is 559 g/mol. The van der Waals surface area contributed by atoms with Crippen LogP contribution in [0.1, 0.15) is 2.85 Å². The molecule has 4 heteroatoms. The van der Waals surface area contributed by atoms with E-state index in [9.17, 15) is 0 Å². The van der Waals surface area contributed by atoms with Gasteiger partial charge in [-0.3, -0.25) is 0 Å². The Hall–Kier alpha value is 3.77. The Balaban J connectivity index is 0. The first kappa shape index (κ1) is 25.1. The molecule has 0 fully saturated rings. The molecule has 0 aliphatic heterocycles. The van der Waals surface area contributed by atoms with Crippen molar-refractivity contribution in [1.29, 1.82) is 0 Å². The van der Waals surface area contributed by atoms with Crippen molar-refractivity contribution < 1.29 is 25.2 Å². The third-order valence-electron chi connectivity index (χ3n) is 0. The van der Waals surface area contributed by atoms with Crippen LogP contribution in [0.5, 0.6) is 0 Å². The normalized spacial score (nSPS) is 0. The van der Waals surface area contributed by atoms with Gasteiger partial charge in [0.05, 0.1) is 0 Å². The van der Waals surface area contributed by atoms with Crippen molar-refractivity contribution >= 4 is 90.1 Å². The van der Waals surface area contributed by atoms with Gasteiger partial charge in [-0.15, -0.1) is 0 Å². The Bertz CT molecular complexity index is 11.5. The molecule has 0 aliphatic rings. The second-order valence-corrected chi connectivity index (χ2v) is 0. The van der Waals surface area contributed by atoms with Gasteiger partial charge in [0.15, 0.2) is 0 Å². The summed E-state index contributed by atoms with van der Waals surface area (Å²) in [7, 11) is 0. The maximum absolute atomic E-state index is 0. The molecule has 0 aromatic carbocycles. The zero-order chi connectivity index (χ0) is 0. The van der Waals surface area contributed by atoms with Gasteiger partial charge in [-0.25, -0.2) is 0 Å². The molecule has 0 heterocycles. The van der Waals surface area contributed by atoms with Crippen LogP contribution >= 0.6 is 0 Å². The van der Waals surface area contributed by atoms with E-state index in [-0.39, 0.29) is 115 Å². The fourth-order valence-electron chi connectivity index (χ4n) is 0. The van der Waals surface area contributed by atoms with Crippen molar-refractivity contribution in [1.82, 2.24) is 0 Å². The van der Waals surface area contributed by atoms with Crippen molar-refractivity contribution in [3.05, 3.63) is 0 Å². The minimum atomic E-state index is 0. The Kier molecular flexibility index (Phi) is 99.4. The third-order valence-corrected chi connectivity index (χ3v) is 0. The van der Waals surface area contributed by atoms with E-state index in [1.165, 1.54) is 0 Å². The van der Waals surface area contributed by atoms with Crippen molar-refractivity contribution in [3.63, 3.8) is 0 Å². The van der Waals surface area contributed by atoms with Gasteiger partial charge >= 0.3 is 90.1 Å². The van der Waals surface area contributed by atoms with Gasteiger partial charge < -0.3 is 2.85 Å². The van der Waals surface area contributed by atoms with Gasteiger partial charge in [-0.05, 0) is 0 Å². The van der Waals surface area contributed by atoms with Crippen LogP contribution in [0, 0.1) is 0 Å². The van der Waals surface area contributed by atoms with Crippen LogP contribution in [0.25, 0.3) is 0 Å². The standard InChI is InChI=1S/2Bi.Ca.Nb.8H/q;;+2;;;;;;;;2*-1. The Labute approximate surface area is 113 Å². The van der Waals surface area contributed by atoms with Crippen molar-refractivity contribution in [2.24, 2.45) is 0 Å². The molecule has 0 saturated heterocycles. The first-order valence-corrected chi connectivity index (χ1v) is 0. The summed E-state index contributed by atoms with van der Waals surface area (Å²) >= 11 is 0. The van der Waals surface area contributed by atoms with E-state index in [0.29, 0.717) is 0 Å². The molecule has 0 bridgehead atoms. The van der Waals surface area contributed by atoms with Crippen LogP contribution in [0.15, 0.2) is 0 Å². The molecule has 4 heavy (non-hydrogen) atoms. The van der Waals surface area contributed by atoms with Crippen LogP contribution in [0.3, 0.4) is 0 Å². The summed E-state index contributed by atoms with van der Waals surface area (Å²) < 4.78 is 0. The van der Waals surface area contributed by atoms with E-state index < -0.39 is 0 Å². The van der Waals surface area contributed by atoms with E-state index >= 15 is 0 Å². The molecule has 0 aromatic rings. The quantitative estimate of drug-likeness (QED) is 0.288. The summed E-state index contributed by atoms with van der Waals surface area (Å²) in [4.78, 5) is 0. The first-order chi connectivity index (χ1) is 0. The molecule has 0 aliphatic carbocycles. The fraction of sp³-hybridized carbons (Fsp3) is 0. The molecule has 0 saturated carbocycles. The summed E-state index contributed by atoms with van der Waals surface area (Å²) in [5.41, 5.74) is 0. The number of hydrogen-bond acceptors (Lipinski definition) is 0. The molecule has 0 amide bonds. The van der Waals surface area contributed by atoms with Crippen LogP contribution in [-0.4, -0.2) is 90.1 Å². The summed E-state index contributed by atoms with van der Waals surface area (Å²) in [6.45, 7) is 0. The van der Waals surface area contributed by atoms with Crippen LogP contribution in [0.2, 0.25) is 0 Å². The zero-order valence-corrected chi connectivity index (χ0v) is 18.0. The van der Waals surface area contributed by atoms with Gasteiger partial charge in [-0.1, -0.05) is 0 Å². The average Bonchev–Trinajstić information content (AvgIpc) is 0. The molecule has 0 rings (SSSR count). The van der Waals surface area contributed by atoms with Gasteiger partial charge in [0.25, 0.3) is 0 Å². The van der Waals surface area contributed by atoms with Crippen LogP contribution in [0.4, 0.5) is 0 Å². The van der Waals surface area contributed by atoms with E-state index in [1.807, 2.05) is 0 Å². The molecule has 0 N–H and O–H groups in total. The van der Waals surface area contributed by atoms with Crippen LogP contribution < -0.4 is 0 Å². The van der Waals surface area contributed by atoms with E-state index in [2.05, 4.69) is 0 Å². The van der Waals surface area contributed by atoms with Crippen molar-refractivity contribution in [3.8, 4) is 0 Å². The first-order valence-electron chi connectivity index (χ1n) is 0. The minimum absolute atomic E-state index is 0.